The largest absolute Gasteiger partial charge is 0.348 e. The number of nitrogens with zero attached hydrogens (tertiary/aromatic N) is 2. The van der Waals surface area contributed by atoms with Crippen LogP contribution in [0.2, 0.25) is 0 Å². The standard InChI is InChI=1S/C26H28BrN5O2/c27-20-8-6-19(7-9-20)24(33)31-22(16-18-4-2-1-3-5-18)25(34)32-14-11-26(12-15-32)23-21(10-13-30-26)28-17-29-23/h1-9,17,22,30H,10-16H2,(H,28,29)(H,31,33)/t22-/m1/s1. The Bertz CT molecular complexity index is 1150. The molecule has 3 heterocycles. The van der Waals surface area contributed by atoms with E-state index < -0.39 is 6.04 Å². The molecular formula is C26H28BrN5O2. The first-order chi connectivity index (χ1) is 16.5. The van der Waals surface area contributed by atoms with E-state index in [4.69, 9.17) is 0 Å². The normalized spacial score (nSPS) is 17.7. The first-order valence-electron chi connectivity index (χ1n) is 11.7. The summed E-state index contributed by atoms with van der Waals surface area (Å²) in [5.74, 6) is -0.285. The average Bonchev–Trinajstić information content (AvgIpc) is 3.35. The molecule has 2 aliphatic heterocycles. The maximum Gasteiger partial charge on any atom is 0.251 e. The molecule has 34 heavy (non-hydrogen) atoms. The van der Waals surface area contributed by atoms with Crippen molar-refractivity contribution in [2.24, 2.45) is 0 Å². The predicted molar refractivity (Wildman–Crippen MR) is 133 cm³/mol. The molecule has 3 aromatic rings. The fraction of sp³-hybridized carbons (Fsp3) is 0.346. The highest BCUT2D eigenvalue weighted by molar-refractivity contribution is 9.10. The van der Waals surface area contributed by atoms with Gasteiger partial charge < -0.3 is 20.5 Å². The van der Waals surface area contributed by atoms with Crippen LogP contribution in [0.1, 0.15) is 40.2 Å². The summed E-state index contributed by atoms with van der Waals surface area (Å²) in [7, 11) is 0. The first-order valence-corrected chi connectivity index (χ1v) is 12.5. The zero-order chi connectivity index (χ0) is 23.5. The van der Waals surface area contributed by atoms with Gasteiger partial charge in [0.2, 0.25) is 5.91 Å². The fourth-order valence-corrected chi connectivity index (χ4v) is 5.33. The van der Waals surface area contributed by atoms with Crippen LogP contribution in [0.15, 0.2) is 65.4 Å². The number of carbonyl (C=O) groups is 2. The molecule has 1 fully saturated rings. The van der Waals surface area contributed by atoms with Crippen molar-refractivity contribution in [3.05, 3.63) is 87.9 Å². The third-order valence-electron chi connectivity index (χ3n) is 6.93. The summed E-state index contributed by atoms with van der Waals surface area (Å²) in [6.07, 6.45) is 4.77. The summed E-state index contributed by atoms with van der Waals surface area (Å²) in [6.45, 7) is 2.15. The molecule has 2 aromatic carbocycles. The Hall–Kier alpha value is -2.97. The molecule has 1 spiro atoms. The topological polar surface area (TPSA) is 90.1 Å². The number of hydrogen-bond donors (Lipinski definition) is 3. The number of imidazole rings is 1. The molecule has 176 valence electrons. The minimum Gasteiger partial charge on any atom is -0.348 e. The third kappa shape index (κ3) is 4.65. The lowest BCUT2D eigenvalue weighted by Gasteiger charge is -2.44. The molecule has 0 unspecified atom stereocenters. The second kappa shape index (κ2) is 9.72. The van der Waals surface area contributed by atoms with Crippen LogP contribution in [0.5, 0.6) is 0 Å². The number of likely N-dealkylation sites (tertiary alicyclic amines) is 1. The molecule has 8 heteroatoms. The molecule has 2 amide bonds. The molecule has 0 bridgehead atoms. The Morgan fingerprint density at radius 3 is 2.56 bits per heavy atom. The van der Waals surface area contributed by atoms with Gasteiger partial charge in [-0.3, -0.25) is 9.59 Å². The zero-order valence-electron chi connectivity index (χ0n) is 18.9. The zero-order valence-corrected chi connectivity index (χ0v) is 20.5. The van der Waals surface area contributed by atoms with E-state index >= 15 is 0 Å². The number of amides is 2. The van der Waals surface area contributed by atoms with Crippen LogP contribution in [-0.4, -0.2) is 52.4 Å². The van der Waals surface area contributed by atoms with Crippen molar-refractivity contribution in [1.29, 1.82) is 0 Å². The van der Waals surface area contributed by atoms with Crippen LogP contribution in [0.4, 0.5) is 0 Å². The second-order valence-electron chi connectivity index (χ2n) is 9.04. The highest BCUT2D eigenvalue weighted by Gasteiger charge is 2.42. The number of benzene rings is 2. The summed E-state index contributed by atoms with van der Waals surface area (Å²) >= 11 is 3.40. The molecule has 0 radical (unpaired) electrons. The molecule has 5 rings (SSSR count). The van der Waals surface area contributed by atoms with E-state index in [0.717, 1.165) is 41.5 Å². The molecule has 0 aliphatic carbocycles. The van der Waals surface area contributed by atoms with Gasteiger partial charge in [-0.2, -0.15) is 0 Å². The number of rotatable bonds is 5. The van der Waals surface area contributed by atoms with E-state index in [-0.39, 0.29) is 17.4 Å². The Kier molecular flexibility index (Phi) is 6.52. The summed E-state index contributed by atoms with van der Waals surface area (Å²) in [6, 6.07) is 16.4. The number of H-pyrrole nitrogens is 1. The van der Waals surface area contributed by atoms with Crippen molar-refractivity contribution in [2.45, 2.75) is 37.3 Å². The monoisotopic (exact) mass is 521 g/mol. The van der Waals surface area contributed by atoms with E-state index in [1.807, 2.05) is 47.4 Å². The molecule has 0 saturated carbocycles. The SMILES string of the molecule is O=C(N[C@H](Cc1ccccc1)C(=O)N1CCC2(CC1)NCCc1[nH]cnc12)c1ccc(Br)cc1. The van der Waals surface area contributed by atoms with Crippen molar-refractivity contribution in [3.63, 3.8) is 0 Å². The van der Waals surface area contributed by atoms with Gasteiger partial charge in [-0.05, 0) is 42.7 Å². The number of piperidine rings is 1. The van der Waals surface area contributed by atoms with Gasteiger partial charge in [0.25, 0.3) is 5.91 Å². The van der Waals surface area contributed by atoms with Crippen molar-refractivity contribution in [3.8, 4) is 0 Å². The number of aromatic amines is 1. The summed E-state index contributed by atoms with van der Waals surface area (Å²) < 4.78 is 0.902. The number of carbonyl (C=O) groups excluding carboxylic acids is 2. The molecule has 1 saturated heterocycles. The number of fused-ring (bicyclic) bond motifs is 2. The maximum atomic E-state index is 13.7. The van der Waals surface area contributed by atoms with E-state index in [0.29, 0.717) is 25.1 Å². The van der Waals surface area contributed by atoms with Crippen LogP contribution in [0.25, 0.3) is 0 Å². The number of halogens is 1. The number of aromatic nitrogens is 2. The van der Waals surface area contributed by atoms with Gasteiger partial charge in [0, 0.05) is 48.2 Å². The average molecular weight is 522 g/mol. The van der Waals surface area contributed by atoms with E-state index in [2.05, 4.69) is 36.5 Å². The Balaban J connectivity index is 1.31. The van der Waals surface area contributed by atoms with Crippen molar-refractivity contribution < 1.29 is 9.59 Å². The van der Waals surface area contributed by atoms with Gasteiger partial charge in [0.15, 0.2) is 0 Å². The van der Waals surface area contributed by atoms with Crippen molar-refractivity contribution >= 4 is 27.7 Å². The molecule has 1 atom stereocenters. The van der Waals surface area contributed by atoms with Gasteiger partial charge in [0.05, 0.1) is 17.6 Å². The van der Waals surface area contributed by atoms with Crippen LogP contribution in [0, 0.1) is 0 Å². The fourth-order valence-electron chi connectivity index (χ4n) is 5.07. The Morgan fingerprint density at radius 2 is 1.82 bits per heavy atom. The second-order valence-corrected chi connectivity index (χ2v) is 9.95. The lowest BCUT2D eigenvalue weighted by Crippen LogP contribution is -2.58. The van der Waals surface area contributed by atoms with E-state index in [1.165, 1.54) is 5.69 Å². The molecule has 2 aliphatic rings. The number of nitrogens with one attached hydrogen (secondary N) is 3. The van der Waals surface area contributed by atoms with Gasteiger partial charge in [-0.1, -0.05) is 46.3 Å². The quantitative estimate of drug-likeness (QED) is 0.480. The van der Waals surface area contributed by atoms with E-state index in [9.17, 15) is 9.59 Å². The lowest BCUT2D eigenvalue weighted by atomic mass is 9.80. The van der Waals surface area contributed by atoms with Crippen LogP contribution in [-0.2, 0) is 23.2 Å². The summed E-state index contributed by atoms with van der Waals surface area (Å²) in [4.78, 5) is 36.4. The highest BCUT2D eigenvalue weighted by Crippen LogP contribution is 2.36. The molecule has 3 N–H and O–H groups in total. The summed E-state index contributed by atoms with van der Waals surface area (Å²) in [5.41, 5.74) is 3.65. The van der Waals surface area contributed by atoms with Crippen LogP contribution < -0.4 is 10.6 Å². The lowest BCUT2D eigenvalue weighted by molar-refractivity contribution is -0.135. The first kappa shape index (κ1) is 22.8. The van der Waals surface area contributed by atoms with Gasteiger partial charge in [0.1, 0.15) is 6.04 Å². The van der Waals surface area contributed by atoms with Crippen LogP contribution >= 0.6 is 15.9 Å². The van der Waals surface area contributed by atoms with E-state index in [1.54, 1.807) is 18.5 Å². The van der Waals surface area contributed by atoms with Crippen molar-refractivity contribution in [2.75, 3.05) is 19.6 Å². The van der Waals surface area contributed by atoms with Gasteiger partial charge in [-0.15, -0.1) is 0 Å². The minimum absolute atomic E-state index is 0.0396. The molecule has 7 nitrogen and oxygen atoms in total. The third-order valence-corrected chi connectivity index (χ3v) is 7.46. The minimum atomic E-state index is -0.632. The Morgan fingerprint density at radius 1 is 1.09 bits per heavy atom. The van der Waals surface area contributed by atoms with Crippen LogP contribution in [0.3, 0.4) is 0 Å². The maximum absolute atomic E-state index is 13.7. The van der Waals surface area contributed by atoms with Gasteiger partial charge in [-0.25, -0.2) is 4.98 Å². The highest BCUT2D eigenvalue weighted by atomic mass is 79.9. The smallest absolute Gasteiger partial charge is 0.251 e. The predicted octanol–water partition coefficient (Wildman–Crippen LogP) is 3.18. The molecular weight excluding hydrogens is 494 g/mol. The summed E-state index contributed by atoms with van der Waals surface area (Å²) in [5, 5.41) is 6.67. The van der Waals surface area contributed by atoms with Gasteiger partial charge >= 0.3 is 0 Å². The number of hydrogen-bond acceptors (Lipinski definition) is 4. The van der Waals surface area contributed by atoms with Crippen molar-refractivity contribution in [1.82, 2.24) is 25.5 Å². The molecule has 1 aromatic heterocycles. The Labute approximate surface area is 207 Å².